The number of anilines is 2. The molecule has 8 nitrogen and oxygen atoms in total. The van der Waals surface area contributed by atoms with Gasteiger partial charge >= 0.3 is 0 Å². The van der Waals surface area contributed by atoms with Gasteiger partial charge in [0.05, 0.1) is 23.1 Å². The minimum atomic E-state index is -0.335. The van der Waals surface area contributed by atoms with E-state index in [4.69, 9.17) is 0 Å². The summed E-state index contributed by atoms with van der Waals surface area (Å²) in [7, 11) is 1.98. The van der Waals surface area contributed by atoms with Crippen molar-refractivity contribution in [2.75, 3.05) is 43.0 Å². The van der Waals surface area contributed by atoms with Gasteiger partial charge in [0.25, 0.3) is 0 Å². The molecule has 2 aliphatic heterocycles. The molecule has 9 heteroatoms. The van der Waals surface area contributed by atoms with Crippen LogP contribution in [0.5, 0.6) is 0 Å². The van der Waals surface area contributed by atoms with E-state index in [0.717, 1.165) is 68.9 Å². The molecule has 0 bridgehead atoms. The topological polar surface area (TPSA) is 89.2 Å². The van der Waals surface area contributed by atoms with Crippen molar-refractivity contribution in [2.45, 2.75) is 76.9 Å². The van der Waals surface area contributed by atoms with Gasteiger partial charge in [0.15, 0.2) is 5.43 Å². The van der Waals surface area contributed by atoms with Crippen molar-refractivity contribution in [3.8, 4) is 0 Å². The van der Waals surface area contributed by atoms with Gasteiger partial charge in [0, 0.05) is 79.5 Å². The maximum atomic E-state index is 15.5. The highest BCUT2D eigenvalue weighted by Crippen LogP contribution is 2.45. The minimum absolute atomic E-state index is 0.0493. The molecule has 4 aromatic rings. The summed E-state index contributed by atoms with van der Waals surface area (Å²) in [6, 6.07) is 10.3. The third-order valence-corrected chi connectivity index (χ3v) is 10.4. The normalized spacial score (nSPS) is 20.0. The Morgan fingerprint density at radius 1 is 0.978 bits per heavy atom. The Morgan fingerprint density at radius 3 is 2.52 bits per heavy atom. The number of halogens is 1. The van der Waals surface area contributed by atoms with E-state index in [2.05, 4.69) is 66.7 Å². The zero-order chi connectivity index (χ0) is 31.8. The molecule has 0 amide bonds. The highest BCUT2D eigenvalue weighted by molar-refractivity contribution is 5.83. The number of aromatic nitrogens is 3. The van der Waals surface area contributed by atoms with Crippen molar-refractivity contribution in [1.82, 2.24) is 25.6 Å². The van der Waals surface area contributed by atoms with Crippen molar-refractivity contribution in [3.63, 3.8) is 0 Å². The van der Waals surface area contributed by atoms with Crippen LogP contribution in [0.4, 0.5) is 15.8 Å². The Balaban J connectivity index is 1.17. The van der Waals surface area contributed by atoms with E-state index in [0.29, 0.717) is 46.6 Å². The van der Waals surface area contributed by atoms with Gasteiger partial charge in [-0.1, -0.05) is 0 Å². The number of H-pyrrole nitrogens is 1. The number of benzene rings is 1. The lowest BCUT2D eigenvalue weighted by Gasteiger charge is -2.39. The number of aromatic amines is 1. The van der Waals surface area contributed by atoms with Crippen molar-refractivity contribution in [3.05, 3.63) is 93.0 Å². The van der Waals surface area contributed by atoms with E-state index in [1.165, 1.54) is 30.0 Å². The molecule has 1 unspecified atom stereocenters. The Hall–Kier alpha value is -3.82. The summed E-state index contributed by atoms with van der Waals surface area (Å²) in [4.78, 5) is 30.9. The lowest BCUT2D eigenvalue weighted by molar-refractivity contribution is 0.305. The summed E-state index contributed by atoms with van der Waals surface area (Å²) < 4.78 is 15.5. The Labute approximate surface area is 270 Å². The number of piperidine rings is 2. The fraction of sp³-hybridized carbons (Fsp3) is 0.486. The van der Waals surface area contributed by atoms with Gasteiger partial charge in [-0.2, -0.15) is 0 Å². The van der Waals surface area contributed by atoms with Crippen LogP contribution in [0.15, 0.2) is 53.7 Å². The lowest BCUT2D eigenvalue weighted by atomic mass is 9.83. The largest absolute Gasteiger partial charge is 0.370 e. The number of aryl methyl sites for hydroxylation is 2. The van der Waals surface area contributed by atoms with E-state index in [9.17, 15) is 4.79 Å². The number of nitrogens with one attached hydrogen (secondary N) is 3. The Morgan fingerprint density at radius 2 is 1.78 bits per heavy atom. The average molecular weight is 624 g/mol. The number of pyridine rings is 3. The molecule has 2 saturated heterocycles. The molecule has 3 N–H and O–H groups in total. The Bertz CT molecular complexity index is 1740. The second-order valence-corrected chi connectivity index (χ2v) is 13.6. The summed E-state index contributed by atoms with van der Waals surface area (Å²) in [5.74, 6) is 0.553. The summed E-state index contributed by atoms with van der Waals surface area (Å²) in [6.45, 7) is 7.96. The molecule has 242 valence electrons. The average Bonchev–Trinajstić information content (AvgIpc) is 3.92. The SMILES string of the molecule is CNC1CCN(c2cc3[nH]cc(CNC(c4cc(C)ncc4C4CC4)[C@H]4CCCN(c5ccc(C)nc5)C4)c(=O)c3cc2F)CC1. The fourth-order valence-electron chi connectivity index (χ4n) is 7.57. The van der Waals surface area contributed by atoms with Crippen LogP contribution in [-0.2, 0) is 6.54 Å². The minimum Gasteiger partial charge on any atom is -0.370 e. The van der Waals surface area contributed by atoms with Crippen molar-refractivity contribution in [2.24, 2.45) is 5.92 Å². The van der Waals surface area contributed by atoms with Crippen LogP contribution in [0.1, 0.15) is 78.6 Å². The molecule has 0 spiro atoms. The number of nitrogens with zero attached hydrogens (tertiary/aromatic N) is 4. The number of fused-ring (bicyclic) bond motifs is 1. The van der Waals surface area contributed by atoms with E-state index >= 15 is 4.39 Å². The van der Waals surface area contributed by atoms with Crippen molar-refractivity contribution in [1.29, 1.82) is 0 Å². The van der Waals surface area contributed by atoms with Gasteiger partial charge in [0.2, 0.25) is 0 Å². The first-order chi connectivity index (χ1) is 22.4. The van der Waals surface area contributed by atoms with Crippen LogP contribution < -0.4 is 25.9 Å². The molecule has 1 aromatic carbocycles. The van der Waals surface area contributed by atoms with Gasteiger partial charge < -0.3 is 25.4 Å². The van der Waals surface area contributed by atoms with Gasteiger partial charge in [-0.05, 0) is 113 Å². The number of hydrogen-bond acceptors (Lipinski definition) is 7. The van der Waals surface area contributed by atoms with Crippen LogP contribution in [0.2, 0.25) is 0 Å². The number of rotatable bonds is 9. The maximum Gasteiger partial charge on any atom is 0.193 e. The third kappa shape index (κ3) is 6.40. The summed E-state index contributed by atoms with van der Waals surface area (Å²) in [5, 5.41) is 7.58. The molecule has 2 atom stereocenters. The molecular weight excluding hydrogens is 577 g/mol. The van der Waals surface area contributed by atoms with Gasteiger partial charge in [-0.3, -0.25) is 14.8 Å². The predicted octanol–water partition coefficient (Wildman–Crippen LogP) is 5.89. The zero-order valence-corrected chi connectivity index (χ0v) is 27.3. The van der Waals surface area contributed by atoms with Gasteiger partial charge in [0.1, 0.15) is 5.82 Å². The Kier molecular flexibility index (Phi) is 8.79. The smallest absolute Gasteiger partial charge is 0.193 e. The molecule has 3 aliphatic rings. The molecule has 1 aliphatic carbocycles. The molecule has 5 heterocycles. The second kappa shape index (κ2) is 13.1. The molecule has 7 rings (SSSR count). The monoisotopic (exact) mass is 623 g/mol. The van der Waals surface area contributed by atoms with E-state index in [-0.39, 0.29) is 17.3 Å². The highest BCUT2D eigenvalue weighted by Gasteiger charge is 2.34. The molecule has 1 saturated carbocycles. The lowest BCUT2D eigenvalue weighted by Crippen LogP contribution is -2.42. The molecular formula is C37H46FN7O. The summed E-state index contributed by atoms with van der Waals surface area (Å²) in [6.07, 6.45) is 12.4. The third-order valence-electron chi connectivity index (χ3n) is 10.4. The van der Waals surface area contributed by atoms with Crippen LogP contribution in [0, 0.1) is 25.6 Å². The van der Waals surface area contributed by atoms with E-state index < -0.39 is 0 Å². The molecule has 0 radical (unpaired) electrons. The summed E-state index contributed by atoms with van der Waals surface area (Å²) in [5.41, 5.74) is 7.55. The van der Waals surface area contributed by atoms with Crippen molar-refractivity contribution >= 4 is 22.3 Å². The van der Waals surface area contributed by atoms with E-state index in [1.54, 1.807) is 0 Å². The van der Waals surface area contributed by atoms with Crippen molar-refractivity contribution < 1.29 is 4.39 Å². The van der Waals surface area contributed by atoms with Crippen LogP contribution in [0.25, 0.3) is 10.9 Å². The van der Waals surface area contributed by atoms with Gasteiger partial charge in [-0.25, -0.2) is 4.39 Å². The molecule has 3 fully saturated rings. The first-order valence-corrected chi connectivity index (χ1v) is 17.0. The van der Waals surface area contributed by atoms with Crippen LogP contribution in [-0.4, -0.2) is 54.2 Å². The van der Waals surface area contributed by atoms with Crippen LogP contribution in [0.3, 0.4) is 0 Å². The first kappa shape index (κ1) is 30.8. The molecule has 3 aromatic heterocycles. The highest BCUT2D eigenvalue weighted by atomic mass is 19.1. The zero-order valence-electron chi connectivity index (χ0n) is 27.3. The molecule has 46 heavy (non-hydrogen) atoms. The first-order valence-electron chi connectivity index (χ1n) is 17.0. The maximum absolute atomic E-state index is 15.5. The van der Waals surface area contributed by atoms with E-state index in [1.807, 2.05) is 32.4 Å². The van der Waals surface area contributed by atoms with Crippen LogP contribution >= 0.6 is 0 Å². The van der Waals surface area contributed by atoms with Gasteiger partial charge in [-0.15, -0.1) is 0 Å². The number of hydrogen-bond donors (Lipinski definition) is 3. The quantitative estimate of drug-likeness (QED) is 0.214. The fourth-order valence-corrected chi connectivity index (χ4v) is 7.57. The standard InChI is InChI=1S/C37H46FN7O/c1-23-6-9-29(20-40-23)45-12-4-5-26(22-45)36(30-15-24(2)41-21-32(30)25-7-8-25)43-19-27-18-42-34-17-35(33(38)16-31(34)37(27)46)44-13-10-28(39-3)11-14-44/h6,9,15-18,20-21,25-26,28,36,39,43H,4-5,7-8,10-14,19,22H2,1-3H3,(H,42,46)/t26-,36?/m0/s1. The second-order valence-electron chi connectivity index (χ2n) is 13.6. The summed E-state index contributed by atoms with van der Waals surface area (Å²) >= 11 is 0. The predicted molar refractivity (Wildman–Crippen MR) is 183 cm³/mol.